The third-order valence-corrected chi connectivity index (χ3v) is 6.09. The molecule has 32 heavy (non-hydrogen) atoms. The van der Waals surface area contributed by atoms with Crippen LogP contribution in [0.1, 0.15) is 49.0 Å². The molecule has 1 saturated heterocycles. The Kier molecular flexibility index (Phi) is 6.41. The molecule has 4 rings (SSSR count). The van der Waals surface area contributed by atoms with Gasteiger partial charge in [0, 0.05) is 25.8 Å². The maximum absolute atomic E-state index is 13.3. The van der Waals surface area contributed by atoms with Gasteiger partial charge in [0.2, 0.25) is 0 Å². The van der Waals surface area contributed by atoms with E-state index < -0.39 is 0 Å². The number of hydrogen-bond acceptors (Lipinski definition) is 5. The molecule has 0 bridgehead atoms. The quantitative estimate of drug-likeness (QED) is 0.580. The summed E-state index contributed by atoms with van der Waals surface area (Å²) >= 11 is 0. The number of aromatic nitrogens is 3. The first-order chi connectivity index (χ1) is 15.4. The highest BCUT2D eigenvalue weighted by atomic mass is 16.1. The van der Waals surface area contributed by atoms with Crippen LogP contribution in [0.15, 0.2) is 29.2 Å². The van der Waals surface area contributed by atoms with E-state index in [0.717, 1.165) is 25.2 Å². The Hall–Kier alpha value is -3.00. The zero-order valence-corrected chi connectivity index (χ0v) is 19.1. The minimum absolute atomic E-state index is 0.0894. The van der Waals surface area contributed by atoms with Crippen LogP contribution >= 0.6 is 0 Å². The molecule has 1 fully saturated rings. The molecule has 0 spiro atoms. The average molecular weight is 437 g/mol. The summed E-state index contributed by atoms with van der Waals surface area (Å²) in [5.74, 6) is -0.0954. The van der Waals surface area contributed by atoms with Crippen molar-refractivity contribution in [3.63, 3.8) is 0 Å². The Morgan fingerprint density at radius 2 is 1.97 bits per heavy atom. The molecule has 8 heteroatoms. The second-order valence-electron chi connectivity index (χ2n) is 9.11. The van der Waals surface area contributed by atoms with Crippen molar-refractivity contribution in [3.05, 3.63) is 51.4 Å². The molecule has 0 atom stereocenters. The number of likely N-dealkylation sites (tertiary alicyclic amines) is 1. The maximum atomic E-state index is 13.3. The number of pyridine rings is 2. The number of rotatable bonds is 6. The predicted octanol–water partition coefficient (Wildman–Crippen LogP) is 2.31. The number of nitrogens with zero attached hydrogens (tertiary/aromatic N) is 4. The Labute approximate surface area is 187 Å². The first-order valence-electron chi connectivity index (χ1n) is 11.5. The third-order valence-electron chi connectivity index (χ3n) is 6.09. The van der Waals surface area contributed by atoms with Crippen molar-refractivity contribution in [1.82, 2.24) is 24.2 Å². The molecule has 1 amide bonds. The second kappa shape index (κ2) is 9.24. The monoisotopic (exact) mass is 436 g/mol. The lowest BCUT2D eigenvalue weighted by atomic mass is 10.1. The van der Waals surface area contributed by atoms with Gasteiger partial charge in [-0.1, -0.05) is 26.3 Å². The van der Waals surface area contributed by atoms with E-state index in [1.807, 2.05) is 32.9 Å². The van der Waals surface area contributed by atoms with Crippen molar-refractivity contribution < 1.29 is 4.79 Å². The summed E-state index contributed by atoms with van der Waals surface area (Å²) in [6.07, 6.45) is 5.37. The summed E-state index contributed by atoms with van der Waals surface area (Å²) in [5, 5.41) is 12.1. The number of hydrogen-bond donors (Lipinski definition) is 2. The first kappa shape index (κ1) is 22.2. The Bertz CT molecular complexity index is 1270. The molecule has 0 aromatic carbocycles. The summed E-state index contributed by atoms with van der Waals surface area (Å²) in [5.41, 5.74) is 1.98. The van der Waals surface area contributed by atoms with Crippen molar-refractivity contribution in [2.45, 2.75) is 46.6 Å². The normalized spacial score (nSPS) is 15.0. The van der Waals surface area contributed by atoms with Crippen LogP contribution in [0.25, 0.3) is 16.7 Å². The molecule has 1 aliphatic rings. The molecule has 0 radical (unpaired) electrons. The van der Waals surface area contributed by atoms with Crippen LogP contribution in [-0.2, 0) is 6.54 Å². The molecule has 0 saturated carbocycles. The SMILES string of the molecule is Cc1cccn2c(=O)c3cc(C(=O)NCCN4CCCCC4)c(=N)n(CC(C)C)c3nc12. The van der Waals surface area contributed by atoms with E-state index in [2.05, 4.69) is 10.2 Å². The molecule has 8 nitrogen and oxygen atoms in total. The molecular weight excluding hydrogens is 404 g/mol. The Balaban J connectivity index is 1.75. The lowest BCUT2D eigenvalue weighted by Gasteiger charge is -2.26. The van der Waals surface area contributed by atoms with E-state index >= 15 is 0 Å². The second-order valence-corrected chi connectivity index (χ2v) is 9.11. The zero-order chi connectivity index (χ0) is 22.8. The van der Waals surface area contributed by atoms with E-state index in [1.54, 1.807) is 10.8 Å². The van der Waals surface area contributed by atoms with Crippen molar-refractivity contribution in [1.29, 1.82) is 5.41 Å². The van der Waals surface area contributed by atoms with Crippen molar-refractivity contribution in [2.75, 3.05) is 26.2 Å². The Morgan fingerprint density at radius 1 is 1.22 bits per heavy atom. The highest BCUT2D eigenvalue weighted by Gasteiger charge is 2.19. The van der Waals surface area contributed by atoms with E-state index in [-0.39, 0.29) is 28.4 Å². The number of carbonyl (C=O) groups is 1. The van der Waals surface area contributed by atoms with Gasteiger partial charge in [-0.3, -0.25) is 19.4 Å². The number of nitrogens with one attached hydrogen (secondary N) is 2. The summed E-state index contributed by atoms with van der Waals surface area (Å²) in [6, 6.07) is 5.26. The van der Waals surface area contributed by atoms with E-state index in [9.17, 15) is 9.59 Å². The van der Waals surface area contributed by atoms with Gasteiger partial charge in [0.1, 0.15) is 16.8 Å². The molecule has 0 aliphatic carbocycles. The van der Waals surface area contributed by atoms with Gasteiger partial charge in [0.15, 0.2) is 0 Å². The average Bonchev–Trinajstić information content (AvgIpc) is 2.77. The fourth-order valence-electron chi connectivity index (χ4n) is 4.42. The molecule has 4 heterocycles. The van der Waals surface area contributed by atoms with Crippen molar-refractivity contribution >= 4 is 22.6 Å². The van der Waals surface area contributed by atoms with Crippen LogP contribution in [-0.4, -0.2) is 50.9 Å². The predicted molar refractivity (Wildman–Crippen MR) is 125 cm³/mol. The molecule has 2 N–H and O–H groups in total. The van der Waals surface area contributed by atoms with Gasteiger partial charge in [0.05, 0.1) is 10.9 Å². The van der Waals surface area contributed by atoms with Crippen LogP contribution in [0.5, 0.6) is 0 Å². The fraction of sp³-hybridized carbons (Fsp3) is 0.500. The van der Waals surface area contributed by atoms with Gasteiger partial charge in [-0.15, -0.1) is 0 Å². The number of fused-ring (bicyclic) bond motifs is 2. The summed E-state index contributed by atoms with van der Waals surface area (Å²) in [4.78, 5) is 33.4. The minimum Gasteiger partial charge on any atom is -0.351 e. The summed E-state index contributed by atoms with van der Waals surface area (Å²) in [6.45, 7) is 9.95. The topological polar surface area (TPSA) is 95.5 Å². The number of carbonyl (C=O) groups excluding carboxylic acids is 1. The van der Waals surface area contributed by atoms with Crippen molar-refractivity contribution in [3.8, 4) is 0 Å². The molecule has 170 valence electrons. The van der Waals surface area contributed by atoms with E-state index in [4.69, 9.17) is 10.4 Å². The number of piperidine rings is 1. The third kappa shape index (κ3) is 4.32. The first-order valence-corrected chi connectivity index (χ1v) is 11.5. The van der Waals surface area contributed by atoms with Gasteiger partial charge in [-0.2, -0.15) is 0 Å². The van der Waals surface area contributed by atoms with Gasteiger partial charge >= 0.3 is 0 Å². The molecule has 0 unspecified atom stereocenters. The minimum atomic E-state index is -0.319. The van der Waals surface area contributed by atoms with Gasteiger partial charge in [-0.05, 0) is 56.5 Å². The standard InChI is InChI=1S/C24H32N6O2/c1-16(2)15-30-20(25)18(23(31)26-9-13-28-10-5-4-6-11-28)14-19-22(30)27-21-17(3)8-7-12-29(21)24(19)32/h7-8,12,14,16,25H,4-6,9-11,13,15H2,1-3H3,(H,26,31). The lowest BCUT2D eigenvalue weighted by molar-refractivity contribution is 0.0944. The van der Waals surface area contributed by atoms with Gasteiger partial charge in [0.25, 0.3) is 11.5 Å². The molecular formula is C24H32N6O2. The van der Waals surface area contributed by atoms with Crippen molar-refractivity contribution in [2.24, 2.45) is 5.92 Å². The molecule has 3 aromatic rings. The Morgan fingerprint density at radius 3 is 2.69 bits per heavy atom. The van der Waals surface area contributed by atoms with Gasteiger partial charge in [-0.25, -0.2) is 4.98 Å². The molecule has 3 aromatic heterocycles. The van der Waals surface area contributed by atoms with E-state index in [1.165, 1.54) is 29.7 Å². The number of aryl methyl sites for hydroxylation is 1. The smallest absolute Gasteiger partial charge is 0.267 e. The highest BCUT2D eigenvalue weighted by molar-refractivity contribution is 5.96. The van der Waals surface area contributed by atoms with Crippen LogP contribution in [0.4, 0.5) is 0 Å². The zero-order valence-electron chi connectivity index (χ0n) is 19.1. The van der Waals surface area contributed by atoms with Crippen LogP contribution in [0, 0.1) is 18.3 Å². The largest absolute Gasteiger partial charge is 0.351 e. The molecule has 1 aliphatic heterocycles. The summed E-state index contributed by atoms with van der Waals surface area (Å²) in [7, 11) is 0. The number of amides is 1. The fourth-order valence-corrected chi connectivity index (χ4v) is 4.42. The van der Waals surface area contributed by atoms with Crippen LogP contribution < -0.4 is 16.4 Å². The maximum Gasteiger partial charge on any atom is 0.267 e. The van der Waals surface area contributed by atoms with Gasteiger partial charge < -0.3 is 14.8 Å². The lowest BCUT2D eigenvalue weighted by Crippen LogP contribution is -2.40. The van der Waals surface area contributed by atoms with Crippen LogP contribution in [0.2, 0.25) is 0 Å². The van der Waals surface area contributed by atoms with Crippen LogP contribution in [0.3, 0.4) is 0 Å². The summed E-state index contributed by atoms with van der Waals surface area (Å²) < 4.78 is 3.21. The highest BCUT2D eigenvalue weighted by Crippen LogP contribution is 2.14. The van der Waals surface area contributed by atoms with E-state index in [0.29, 0.717) is 29.8 Å².